The van der Waals surface area contributed by atoms with E-state index in [-0.39, 0.29) is 29.9 Å². The fraction of sp³-hybridized carbons (Fsp3) is 0.192. The van der Waals surface area contributed by atoms with Gasteiger partial charge >= 0.3 is 11.9 Å². The molecule has 0 unspecified atom stereocenters. The van der Waals surface area contributed by atoms with Crippen LogP contribution in [0.3, 0.4) is 0 Å². The maximum absolute atomic E-state index is 13.0. The molecule has 0 radical (unpaired) electrons. The molecule has 0 saturated carbocycles. The highest BCUT2D eigenvalue weighted by Gasteiger charge is 2.28. The number of aryl methyl sites for hydroxylation is 1. The van der Waals surface area contributed by atoms with E-state index in [1.165, 1.54) is 0 Å². The van der Waals surface area contributed by atoms with Crippen molar-refractivity contribution in [2.24, 2.45) is 0 Å². The molecule has 0 saturated heterocycles. The van der Waals surface area contributed by atoms with E-state index in [0.717, 1.165) is 11.1 Å². The zero-order valence-corrected chi connectivity index (χ0v) is 17.8. The van der Waals surface area contributed by atoms with Crippen molar-refractivity contribution in [2.75, 3.05) is 13.2 Å². The molecule has 0 spiro atoms. The maximum atomic E-state index is 13.0. The molecular weight excluding hydrogens is 390 g/mol. The van der Waals surface area contributed by atoms with E-state index in [2.05, 4.69) is 16.8 Å². The lowest BCUT2D eigenvalue weighted by atomic mass is 9.95. The number of benzene rings is 2. The second kappa shape index (κ2) is 10.2. The van der Waals surface area contributed by atoms with Crippen LogP contribution in [0.15, 0.2) is 60.7 Å². The van der Waals surface area contributed by atoms with Gasteiger partial charge in [0.1, 0.15) is 5.56 Å². The SMILES string of the molecule is CCOC(=O)c1c(C)nc(-c2ccccc2)c(C(=O)OCC)c1C#Cc1ccccc1. The number of hydrogen-bond acceptors (Lipinski definition) is 5. The molecule has 0 atom stereocenters. The van der Waals surface area contributed by atoms with Crippen LogP contribution >= 0.6 is 0 Å². The molecule has 5 heteroatoms. The topological polar surface area (TPSA) is 65.5 Å². The Labute approximate surface area is 182 Å². The first-order valence-corrected chi connectivity index (χ1v) is 10.1. The molecule has 0 amide bonds. The number of ether oxygens (including phenoxy) is 2. The summed E-state index contributed by atoms with van der Waals surface area (Å²) in [6.07, 6.45) is 0. The number of hydrogen-bond donors (Lipinski definition) is 0. The number of rotatable bonds is 5. The van der Waals surface area contributed by atoms with Crippen molar-refractivity contribution in [3.8, 4) is 23.1 Å². The van der Waals surface area contributed by atoms with Crippen LogP contribution in [0, 0.1) is 18.8 Å². The Balaban J connectivity index is 2.36. The van der Waals surface area contributed by atoms with Crippen LogP contribution in [0.4, 0.5) is 0 Å². The number of esters is 2. The van der Waals surface area contributed by atoms with E-state index in [9.17, 15) is 9.59 Å². The van der Waals surface area contributed by atoms with E-state index in [0.29, 0.717) is 11.4 Å². The van der Waals surface area contributed by atoms with Crippen LogP contribution in [-0.4, -0.2) is 30.1 Å². The number of aromatic nitrogens is 1. The predicted octanol–water partition coefficient (Wildman–Crippen LogP) is 4.81. The third-order valence-electron chi connectivity index (χ3n) is 4.49. The molecule has 2 aromatic carbocycles. The Hall–Kier alpha value is -3.91. The van der Waals surface area contributed by atoms with Gasteiger partial charge in [0.2, 0.25) is 0 Å². The van der Waals surface area contributed by atoms with Gasteiger partial charge < -0.3 is 9.47 Å². The van der Waals surface area contributed by atoms with Crippen LogP contribution in [0.5, 0.6) is 0 Å². The highest BCUT2D eigenvalue weighted by atomic mass is 16.5. The average molecular weight is 413 g/mol. The minimum Gasteiger partial charge on any atom is -0.462 e. The zero-order chi connectivity index (χ0) is 22.2. The number of carbonyl (C=O) groups excluding carboxylic acids is 2. The van der Waals surface area contributed by atoms with Gasteiger partial charge in [-0.3, -0.25) is 4.98 Å². The summed E-state index contributed by atoms with van der Waals surface area (Å²) in [6.45, 7) is 5.53. The van der Waals surface area contributed by atoms with Crippen molar-refractivity contribution < 1.29 is 19.1 Å². The van der Waals surface area contributed by atoms with Crippen molar-refractivity contribution >= 4 is 11.9 Å². The summed E-state index contributed by atoms with van der Waals surface area (Å²) >= 11 is 0. The largest absolute Gasteiger partial charge is 0.462 e. The Bertz CT molecular complexity index is 1140. The molecule has 3 aromatic rings. The number of pyridine rings is 1. The summed E-state index contributed by atoms with van der Waals surface area (Å²) in [5.41, 5.74) is 2.92. The third-order valence-corrected chi connectivity index (χ3v) is 4.49. The van der Waals surface area contributed by atoms with Crippen molar-refractivity contribution in [2.45, 2.75) is 20.8 Å². The molecular formula is C26H23NO4. The van der Waals surface area contributed by atoms with Gasteiger partial charge in [-0.2, -0.15) is 0 Å². The second-order valence-corrected chi connectivity index (χ2v) is 6.59. The first kappa shape index (κ1) is 21.8. The average Bonchev–Trinajstić information content (AvgIpc) is 2.78. The molecule has 0 fully saturated rings. The summed E-state index contributed by atoms with van der Waals surface area (Å²) in [7, 11) is 0. The minimum absolute atomic E-state index is 0.158. The van der Waals surface area contributed by atoms with Crippen molar-refractivity contribution in [1.29, 1.82) is 0 Å². The Kier molecular flexibility index (Phi) is 7.18. The molecule has 0 aliphatic carbocycles. The van der Waals surface area contributed by atoms with Gasteiger partial charge in [-0.05, 0) is 32.9 Å². The van der Waals surface area contributed by atoms with Crippen molar-refractivity contribution in [1.82, 2.24) is 4.98 Å². The van der Waals surface area contributed by atoms with Gasteiger partial charge in [-0.25, -0.2) is 9.59 Å². The van der Waals surface area contributed by atoms with Gasteiger partial charge in [0, 0.05) is 11.1 Å². The number of carbonyl (C=O) groups is 2. The Morgan fingerprint density at radius 3 is 1.94 bits per heavy atom. The summed E-state index contributed by atoms with van der Waals surface area (Å²) in [4.78, 5) is 30.4. The Morgan fingerprint density at radius 1 is 0.806 bits per heavy atom. The standard InChI is InChI=1S/C26H23NO4/c1-4-30-25(28)22-18(3)27-24(20-14-10-7-11-15-20)23(26(29)31-5-2)21(22)17-16-19-12-8-6-9-13-19/h6-15H,4-5H2,1-3H3. The van der Waals surface area contributed by atoms with Crippen LogP contribution in [0.1, 0.15) is 51.4 Å². The van der Waals surface area contributed by atoms with Crippen LogP contribution in [0.2, 0.25) is 0 Å². The molecule has 1 heterocycles. The zero-order valence-electron chi connectivity index (χ0n) is 17.8. The Morgan fingerprint density at radius 2 is 1.35 bits per heavy atom. The van der Waals surface area contributed by atoms with E-state index >= 15 is 0 Å². The smallest absolute Gasteiger partial charge is 0.341 e. The van der Waals surface area contributed by atoms with Crippen LogP contribution in [-0.2, 0) is 9.47 Å². The quantitative estimate of drug-likeness (QED) is 0.444. The molecule has 1 aromatic heterocycles. The molecule has 5 nitrogen and oxygen atoms in total. The van der Waals surface area contributed by atoms with Gasteiger partial charge in [0.05, 0.1) is 35.7 Å². The molecule has 0 aliphatic heterocycles. The molecule has 31 heavy (non-hydrogen) atoms. The number of nitrogens with zero attached hydrogens (tertiary/aromatic N) is 1. The lowest BCUT2D eigenvalue weighted by Crippen LogP contribution is -2.18. The highest BCUT2D eigenvalue weighted by molar-refractivity contribution is 6.04. The third kappa shape index (κ3) is 4.99. The first-order chi connectivity index (χ1) is 15.1. The van der Waals surface area contributed by atoms with E-state index < -0.39 is 11.9 Å². The fourth-order valence-electron chi connectivity index (χ4n) is 3.14. The lowest BCUT2D eigenvalue weighted by molar-refractivity contribution is 0.0523. The van der Waals surface area contributed by atoms with E-state index in [4.69, 9.17) is 9.47 Å². The van der Waals surface area contributed by atoms with Gasteiger partial charge in [-0.1, -0.05) is 60.4 Å². The molecule has 156 valence electrons. The van der Waals surface area contributed by atoms with Gasteiger partial charge in [-0.15, -0.1) is 0 Å². The van der Waals surface area contributed by atoms with Crippen LogP contribution < -0.4 is 0 Å². The molecule has 0 aliphatic rings. The van der Waals surface area contributed by atoms with E-state index in [1.807, 2.05) is 60.7 Å². The predicted molar refractivity (Wildman–Crippen MR) is 119 cm³/mol. The molecule has 3 rings (SSSR count). The fourth-order valence-corrected chi connectivity index (χ4v) is 3.14. The summed E-state index contributed by atoms with van der Waals surface area (Å²) < 4.78 is 10.6. The maximum Gasteiger partial charge on any atom is 0.341 e. The van der Waals surface area contributed by atoms with E-state index in [1.54, 1.807) is 20.8 Å². The summed E-state index contributed by atoms with van der Waals surface area (Å²) in [5, 5.41) is 0. The first-order valence-electron chi connectivity index (χ1n) is 10.1. The van der Waals surface area contributed by atoms with Crippen LogP contribution in [0.25, 0.3) is 11.3 Å². The summed E-state index contributed by atoms with van der Waals surface area (Å²) in [5.74, 6) is 4.92. The van der Waals surface area contributed by atoms with Gasteiger partial charge in [0.15, 0.2) is 0 Å². The van der Waals surface area contributed by atoms with Gasteiger partial charge in [0.25, 0.3) is 0 Å². The molecule has 0 bridgehead atoms. The second-order valence-electron chi connectivity index (χ2n) is 6.59. The lowest BCUT2D eigenvalue weighted by Gasteiger charge is -2.16. The minimum atomic E-state index is -0.586. The monoisotopic (exact) mass is 413 g/mol. The highest BCUT2D eigenvalue weighted by Crippen LogP contribution is 2.29. The molecule has 0 N–H and O–H groups in total. The van der Waals surface area contributed by atoms with Crippen molar-refractivity contribution in [3.05, 3.63) is 88.6 Å². The summed E-state index contributed by atoms with van der Waals surface area (Å²) in [6, 6.07) is 18.6. The normalized spacial score (nSPS) is 10.0. The van der Waals surface area contributed by atoms with Crippen molar-refractivity contribution in [3.63, 3.8) is 0 Å².